The van der Waals surface area contributed by atoms with Gasteiger partial charge in [0.15, 0.2) is 0 Å². The lowest BCUT2D eigenvalue weighted by molar-refractivity contribution is -0.135. The SMILES string of the molecule is CN(Cc1ccc(Cl)nc1)C(=O)[C@@H](c1ccc(F)cc1)N(C)C. The summed E-state index contributed by atoms with van der Waals surface area (Å²) >= 11 is 5.77. The number of halogens is 2. The van der Waals surface area contributed by atoms with Crippen molar-refractivity contribution in [2.45, 2.75) is 12.6 Å². The number of pyridine rings is 1. The summed E-state index contributed by atoms with van der Waals surface area (Å²) in [6, 6.07) is 9.05. The van der Waals surface area contributed by atoms with Gasteiger partial charge in [-0.15, -0.1) is 0 Å². The molecule has 1 atom stereocenters. The van der Waals surface area contributed by atoms with Crippen LogP contribution >= 0.6 is 11.6 Å². The number of nitrogens with zero attached hydrogens (tertiary/aromatic N) is 3. The van der Waals surface area contributed by atoms with Crippen LogP contribution in [0.3, 0.4) is 0 Å². The highest BCUT2D eigenvalue weighted by Gasteiger charge is 2.26. The first-order valence-corrected chi connectivity index (χ1v) is 7.53. The maximum Gasteiger partial charge on any atom is 0.244 e. The van der Waals surface area contributed by atoms with Gasteiger partial charge in [0.25, 0.3) is 0 Å². The number of carbonyl (C=O) groups is 1. The Labute approximate surface area is 140 Å². The lowest BCUT2D eigenvalue weighted by Gasteiger charge is -2.28. The van der Waals surface area contributed by atoms with Gasteiger partial charge in [0.1, 0.15) is 17.0 Å². The molecule has 0 aliphatic carbocycles. The summed E-state index contributed by atoms with van der Waals surface area (Å²) in [5, 5.41) is 0.417. The van der Waals surface area contributed by atoms with Crippen LogP contribution in [0.15, 0.2) is 42.6 Å². The molecule has 0 saturated carbocycles. The first-order valence-electron chi connectivity index (χ1n) is 7.16. The molecule has 1 amide bonds. The first kappa shape index (κ1) is 17.4. The summed E-state index contributed by atoms with van der Waals surface area (Å²) < 4.78 is 13.1. The van der Waals surface area contributed by atoms with E-state index in [1.165, 1.54) is 12.1 Å². The van der Waals surface area contributed by atoms with E-state index in [0.29, 0.717) is 11.7 Å². The molecule has 0 aliphatic rings. The van der Waals surface area contributed by atoms with Gasteiger partial charge in [-0.25, -0.2) is 9.37 Å². The monoisotopic (exact) mass is 335 g/mol. The maximum absolute atomic E-state index is 13.1. The topological polar surface area (TPSA) is 36.4 Å². The average molecular weight is 336 g/mol. The number of rotatable bonds is 5. The van der Waals surface area contributed by atoms with Gasteiger partial charge in [0.2, 0.25) is 5.91 Å². The van der Waals surface area contributed by atoms with Crippen LogP contribution in [-0.4, -0.2) is 41.8 Å². The molecule has 0 bridgehead atoms. The molecule has 0 fully saturated rings. The molecule has 1 aromatic heterocycles. The van der Waals surface area contributed by atoms with Crippen molar-refractivity contribution in [1.82, 2.24) is 14.8 Å². The zero-order valence-electron chi connectivity index (χ0n) is 13.3. The van der Waals surface area contributed by atoms with Gasteiger partial charge in [-0.05, 0) is 43.4 Å². The molecule has 2 rings (SSSR count). The molecule has 0 unspecified atom stereocenters. The van der Waals surface area contributed by atoms with Gasteiger partial charge in [0.05, 0.1) is 0 Å². The quantitative estimate of drug-likeness (QED) is 0.788. The summed E-state index contributed by atoms with van der Waals surface area (Å²) in [4.78, 5) is 20.2. The predicted molar refractivity (Wildman–Crippen MR) is 88.5 cm³/mol. The lowest BCUT2D eigenvalue weighted by atomic mass is 10.0. The van der Waals surface area contributed by atoms with Crippen molar-refractivity contribution < 1.29 is 9.18 Å². The minimum absolute atomic E-state index is 0.0726. The molecule has 122 valence electrons. The highest BCUT2D eigenvalue weighted by Crippen LogP contribution is 2.22. The van der Waals surface area contributed by atoms with Crippen LogP contribution in [0.2, 0.25) is 5.15 Å². The first-order chi connectivity index (χ1) is 10.9. The van der Waals surface area contributed by atoms with E-state index in [4.69, 9.17) is 11.6 Å². The second-order valence-corrected chi connectivity index (χ2v) is 5.99. The molecule has 0 saturated heterocycles. The smallest absolute Gasteiger partial charge is 0.244 e. The fourth-order valence-electron chi connectivity index (χ4n) is 2.37. The summed E-state index contributed by atoms with van der Waals surface area (Å²) in [7, 11) is 5.38. The third-order valence-corrected chi connectivity index (χ3v) is 3.74. The van der Waals surface area contributed by atoms with E-state index in [9.17, 15) is 9.18 Å². The Kier molecular flexibility index (Phi) is 5.69. The molecule has 0 N–H and O–H groups in total. The van der Waals surface area contributed by atoms with Crippen molar-refractivity contribution in [3.8, 4) is 0 Å². The van der Waals surface area contributed by atoms with E-state index < -0.39 is 6.04 Å². The largest absolute Gasteiger partial charge is 0.340 e. The van der Waals surface area contributed by atoms with Gasteiger partial charge < -0.3 is 4.90 Å². The Morgan fingerprint density at radius 3 is 2.35 bits per heavy atom. The molecule has 6 heteroatoms. The number of carbonyl (C=O) groups excluding carboxylic acids is 1. The van der Waals surface area contributed by atoms with E-state index >= 15 is 0 Å². The van der Waals surface area contributed by atoms with Crippen LogP contribution in [0.1, 0.15) is 17.2 Å². The normalized spacial score (nSPS) is 12.3. The third kappa shape index (κ3) is 4.50. The van der Waals surface area contributed by atoms with Crippen LogP contribution in [0.25, 0.3) is 0 Å². The molecule has 23 heavy (non-hydrogen) atoms. The molecule has 1 aromatic carbocycles. The van der Waals surface area contributed by atoms with Gasteiger partial charge in [-0.3, -0.25) is 9.69 Å². The molecule has 0 radical (unpaired) electrons. The van der Waals surface area contributed by atoms with Crippen molar-refractivity contribution in [2.24, 2.45) is 0 Å². The fraction of sp³-hybridized carbons (Fsp3) is 0.294. The van der Waals surface area contributed by atoms with E-state index in [1.54, 1.807) is 36.3 Å². The predicted octanol–water partition coefficient (Wildman–Crippen LogP) is 3.14. The Hall–Kier alpha value is -1.98. The standard InChI is InChI=1S/C17H19ClFN3O/c1-21(2)16(13-5-7-14(19)8-6-13)17(23)22(3)11-12-4-9-15(18)20-10-12/h4-10,16H,11H2,1-3H3/t16-/m1/s1. The van der Waals surface area contributed by atoms with Gasteiger partial charge in [-0.2, -0.15) is 0 Å². The van der Waals surface area contributed by atoms with Crippen LogP contribution < -0.4 is 0 Å². The number of benzene rings is 1. The van der Waals surface area contributed by atoms with Crippen LogP contribution in [0.4, 0.5) is 4.39 Å². The van der Waals surface area contributed by atoms with Crippen molar-refractivity contribution in [3.05, 3.63) is 64.7 Å². The van der Waals surface area contributed by atoms with Crippen LogP contribution in [0.5, 0.6) is 0 Å². The number of aromatic nitrogens is 1. The Morgan fingerprint density at radius 1 is 1.17 bits per heavy atom. The van der Waals surface area contributed by atoms with Gasteiger partial charge in [0, 0.05) is 19.8 Å². The third-order valence-electron chi connectivity index (χ3n) is 3.52. The molecule has 0 aliphatic heterocycles. The van der Waals surface area contributed by atoms with E-state index in [2.05, 4.69) is 4.98 Å². The molecule has 4 nitrogen and oxygen atoms in total. The Morgan fingerprint density at radius 2 is 1.83 bits per heavy atom. The second-order valence-electron chi connectivity index (χ2n) is 5.60. The Balaban J connectivity index is 2.16. The summed E-state index contributed by atoms with van der Waals surface area (Å²) in [5.41, 5.74) is 1.64. The van der Waals surface area contributed by atoms with E-state index in [-0.39, 0.29) is 11.7 Å². The van der Waals surface area contributed by atoms with Crippen LogP contribution in [0, 0.1) is 5.82 Å². The van der Waals surface area contributed by atoms with Gasteiger partial charge >= 0.3 is 0 Å². The summed E-state index contributed by atoms with van der Waals surface area (Å²) in [6.45, 7) is 0.425. The molecular weight excluding hydrogens is 317 g/mol. The van der Waals surface area contributed by atoms with Crippen molar-refractivity contribution in [1.29, 1.82) is 0 Å². The summed E-state index contributed by atoms with van der Waals surface area (Å²) in [5.74, 6) is -0.393. The highest BCUT2D eigenvalue weighted by molar-refractivity contribution is 6.29. The molecular formula is C17H19ClFN3O. The zero-order chi connectivity index (χ0) is 17.0. The minimum atomic E-state index is -0.471. The van der Waals surface area contributed by atoms with Crippen molar-refractivity contribution in [2.75, 3.05) is 21.1 Å². The summed E-state index contributed by atoms with van der Waals surface area (Å²) in [6.07, 6.45) is 1.65. The van der Waals surface area contributed by atoms with Gasteiger partial charge in [-0.1, -0.05) is 29.8 Å². The Bertz CT molecular complexity index is 659. The van der Waals surface area contributed by atoms with Crippen LogP contribution in [-0.2, 0) is 11.3 Å². The lowest BCUT2D eigenvalue weighted by Crippen LogP contribution is -2.38. The molecule has 2 aromatic rings. The number of hydrogen-bond acceptors (Lipinski definition) is 3. The zero-order valence-corrected chi connectivity index (χ0v) is 14.1. The molecule has 0 spiro atoms. The molecule has 1 heterocycles. The number of amides is 1. The van der Waals surface area contributed by atoms with E-state index in [0.717, 1.165) is 11.1 Å². The van der Waals surface area contributed by atoms with Crippen molar-refractivity contribution >= 4 is 17.5 Å². The van der Waals surface area contributed by atoms with Crippen molar-refractivity contribution in [3.63, 3.8) is 0 Å². The number of likely N-dealkylation sites (N-methyl/N-ethyl adjacent to an activating group) is 2. The average Bonchev–Trinajstić information content (AvgIpc) is 2.51. The fourth-order valence-corrected chi connectivity index (χ4v) is 2.48. The van der Waals surface area contributed by atoms with E-state index in [1.807, 2.05) is 25.1 Å². The highest BCUT2D eigenvalue weighted by atomic mass is 35.5. The minimum Gasteiger partial charge on any atom is -0.340 e. The second kappa shape index (κ2) is 7.53. The number of hydrogen-bond donors (Lipinski definition) is 0. The maximum atomic E-state index is 13.1.